The molecule has 6 heteroatoms. The van der Waals surface area contributed by atoms with Gasteiger partial charge < -0.3 is 11.1 Å². The van der Waals surface area contributed by atoms with E-state index in [-0.39, 0.29) is 48.8 Å². The molecule has 0 aliphatic heterocycles. The Hall–Kier alpha value is -1.20. The van der Waals surface area contributed by atoms with Crippen molar-refractivity contribution in [3.8, 4) is 0 Å². The fourth-order valence-corrected chi connectivity index (χ4v) is 2.73. The quantitative estimate of drug-likeness (QED) is 0.876. The highest BCUT2D eigenvalue weighted by Crippen LogP contribution is 2.26. The van der Waals surface area contributed by atoms with Crippen molar-refractivity contribution < 1.29 is 13.6 Å². The van der Waals surface area contributed by atoms with Crippen LogP contribution in [0.2, 0.25) is 0 Å². The fourth-order valence-electron chi connectivity index (χ4n) is 2.73. The van der Waals surface area contributed by atoms with Crippen LogP contribution < -0.4 is 11.1 Å². The number of carbonyl (C=O) groups is 1. The zero-order valence-corrected chi connectivity index (χ0v) is 12.6. The van der Waals surface area contributed by atoms with Crippen LogP contribution >= 0.6 is 12.4 Å². The molecule has 0 heterocycles. The zero-order valence-electron chi connectivity index (χ0n) is 11.8. The van der Waals surface area contributed by atoms with Gasteiger partial charge in [0.25, 0.3) is 0 Å². The van der Waals surface area contributed by atoms with E-state index in [0.29, 0.717) is 6.42 Å². The van der Waals surface area contributed by atoms with Crippen molar-refractivity contribution in [3.05, 3.63) is 35.4 Å². The molecule has 1 aromatic rings. The van der Waals surface area contributed by atoms with Crippen molar-refractivity contribution in [1.82, 2.24) is 5.32 Å². The molecule has 2 atom stereocenters. The number of rotatable bonds is 5. The van der Waals surface area contributed by atoms with Crippen LogP contribution in [0.15, 0.2) is 18.2 Å². The van der Waals surface area contributed by atoms with Crippen molar-refractivity contribution in [2.24, 2.45) is 11.7 Å². The molecule has 0 radical (unpaired) electrons. The van der Waals surface area contributed by atoms with Gasteiger partial charge in [0, 0.05) is 24.6 Å². The van der Waals surface area contributed by atoms with E-state index < -0.39 is 11.6 Å². The number of carbonyl (C=O) groups excluding carboxylic acids is 1. The zero-order chi connectivity index (χ0) is 14.5. The van der Waals surface area contributed by atoms with E-state index in [1.807, 2.05) is 0 Å². The Morgan fingerprint density at radius 3 is 2.52 bits per heavy atom. The predicted molar refractivity (Wildman–Crippen MR) is 80.3 cm³/mol. The smallest absolute Gasteiger partial charge is 0.220 e. The summed E-state index contributed by atoms with van der Waals surface area (Å²) in [7, 11) is 0. The van der Waals surface area contributed by atoms with E-state index >= 15 is 0 Å². The first kappa shape index (κ1) is 17.9. The third-order valence-corrected chi connectivity index (χ3v) is 3.92. The van der Waals surface area contributed by atoms with E-state index in [9.17, 15) is 13.6 Å². The number of hydrogen-bond acceptors (Lipinski definition) is 2. The molecule has 1 aromatic carbocycles. The molecule has 0 saturated heterocycles. The molecule has 118 valence electrons. The van der Waals surface area contributed by atoms with Crippen molar-refractivity contribution in [2.45, 2.75) is 38.1 Å². The summed E-state index contributed by atoms with van der Waals surface area (Å²) in [5, 5.41) is 2.71. The normalized spacial score (nSPS) is 20.9. The molecular weight excluding hydrogens is 298 g/mol. The first-order chi connectivity index (χ1) is 9.58. The Morgan fingerprint density at radius 2 is 1.95 bits per heavy atom. The van der Waals surface area contributed by atoms with Gasteiger partial charge in [0.2, 0.25) is 5.91 Å². The van der Waals surface area contributed by atoms with Gasteiger partial charge in [-0.2, -0.15) is 0 Å². The first-order valence-electron chi connectivity index (χ1n) is 7.03. The lowest BCUT2D eigenvalue weighted by molar-refractivity contribution is -0.122. The van der Waals surface area contributed by atoms with Crippen LogP contribution in [0.25, 0.3) is 0 Å². The second kappa shape index (κ2) is 8.29. The molecule has 2 rings (SSSR count). The van der Waals surface area contributed by atoms with Crippen LogP contribution in [0, 0.1) is 17.6 Å². The monoisotopic (exact) mass is 318 g/mol. The van der Waals surface area contributed by atoms with Crippen molar-refractivity contribution in [3.63, 3.8) is 0 Å². The highest BCUT2D eigenvalue weighted by molar-refractivity contribution is 5.85. The summed E-state index contributed by atoms with van der Waals surface area (Å²) in [6.45, 7) is 0.235. The van der Waals surface area contributed by atoms with Gasteiger partial charge in [0.15, 0.2) is 0 Å². The second-order valence-corrected chi connectivity index (χ2v) is 5.36. The topological polar surface area (TPSA) is 55.1 Å². The molecule has 3 N–H and O–H groups in total. The number of hydrogen-bond donors (Lipinski definition) is 2. The van der Waals surface area contributed by atoms with Gasteiger partial charge in [-0.25, -0.2) is 8.78 Å². The van der Waals surface area contributed by atoms with Crippen LogP contribution in [0.1, 0.15) is 31.2 Å². The molecule has 1 fully saturated rings. The summed E-state index contributed by atoms with van der Waals surface area (Å²) in [5.41, 5.74) is 5.93. The predicted octanol–water partition coefficient (Wildman–Crippen LogP) is 2.56. The highest BCUT2D eigenvalue weighted by Gasteiger charge is 2.25. The second-order valence-electron chi connectivity index (χ2n) is 5.36. The Labute approximate surface area is 129 Å². The highest BCUT2D eigenvalue weighted by atomic mass is 35.5. The molecular formula is C15H21ClF2N2O. The lowest BCUT2D eigenvalue weighted by Gasteiger charge is -2.14. The van der Waals surface area contributed by atoms with E-state index in [1.54, 1.807) is 0 Å². The number of nitrogens with one attached hydrogen (secondary N) is 1. The summed E-state index contributed by atoms with van der Waals surface area (Å²) < 4.78 is 26.8. The van der Waals surface area contributed by atoms with Crippen molar-refractivity contribution >= 4 is 18.3 Å². The maximum absolute atomic E-state index is 13.4. The molecule has 1 saturated carbocycles. The van der Waals surface area contributed by atoms with Crippen molar-refractivity contribution in [1.29, 1.82) is 0 Å². The largest absolute Gasteiger partial charge is 0.356 e. The number of benzene rings is 1. The van der Waals surface area contributed by atoms with Crippen LogP contribution in [-0.2, 0) is 11.2 Å². The summed E-state index contributed by atoms with van der Waals surface area (Å²) >= 11 is 0. The Kier molecular flexibility index (Phi) is 7.05. The molecule has 0 unspecified atom stereocenters. The minimum atomic E-state index is -0.572. The summed E-state index contributed by atoms with van der Waals surface area (Å²) in [6.07, 6.45) is 3.58. The van der Waals surface area contributed by atoms with Gasteiger partial charge in [0.05, 0.1) is 0 Å². The Balaban J connectivity index is 0.00000220. The van der Waals surface area contributed by atoms with Crippen LogP contribution in [0.4, 0.5) is 8.78 Å². The number of amides is 1. The lowest BCUT2D eigenvalue weighted by Crippen LogP contribution is -2.32. The maximum Gasteiger partial charge on any atom is 0.220 e. The summed E-state index contributed by atoms with van der Waals surface area (Å²) in [6, 6.07) is 3.87. The first-order valence-corrected chi connectivity index (χ1v) is 7.03. The fraction of sp³-hybridized carbons (Fsp3) is 0.533. The molecule has 0 bridgehead atoms. The maximum atomic E-state index is 13.4. The molecule has 0 aromatic heterocycles. The number of nitrogens with two attached hydrogens (primary N) is 1. The molecule has 0 spiro atoms. The average Bonchev–Trinajstić information content (AvgIpc) is 2.79. The molecule has 1 aliphatic rings. The van der Waals surface area contributed by atoms with Gasteiger partial charge in [-0.05, 0) is 37.3 Å². The van der Waals surface area contributed by atoms with Crippen LogP contribution in [0.5, 0.6) is 0 Å². The van der Waals surface area contributed by atoms with Gasteiger partial charge >= 0.3 is 0 Å². The minimum absolute atomic E-state index is 0. The van der Waals surface area contributed by atoms with Gasteiger partial charge in [0.1, 0.15) is 11.6 Å². The third kappa shape index (κ3) is 4.93. The SMILES string of the molecule is Cl.N[C@@H]1CCC[C@H]1CC(=O)NCCc1c(F)cccc1F. The van der Waals surface area contributed by atoms with Crippen molar-refractivity contribution in [2.75, 3.05) is 6.54 Å². The van der Waals surface area contributed by atoms with Gasteiger partial charge in [-0.15, -0.1) is 12.4 Å². The average molecular weight is 319 g/mol. The van der Waals surface area contributed by atoms with Gasteiger partial charge in [-0.3, -0.25) is 4.79 Å². The summed E-state index contributed by atoms with van der Waals surface area (Å²) in [4.78, 5) is 11.8. The number of halogens is 3. The van der Waals surface area contributed by atoms with Crippen LogP contribution in [0.3, 0.4) is 0 Å². The minimum Gasteiger partial charge on any atom is -0.356 e. The standard InChI is InChI=1S/C15H20F2N2O.ClH/c16-12-4-2-5-13(17)11(12)7-8-19-15(20)9-10-3-1-6-14(10)18;/h2,4-5,10,14H,1,3,6-9,18H2,(H,19,20);1H/t10-,14+;/m0./s1. The molecule has 1 amide bonds. The van der Waals surface area contributed by atoms with E-state index in [1.165, 1.54) is 18.2 Å². The lowest BCUT2D eigenvalue weighted by atomic mass is 10.00. The Morgan fingerprint density at radius 1 is 1.29 bits per heavy atom. The third-order valence-electron chi connectivity index (χ3n) is 3.92. The van der Waals surface area contributed by atoms with Gasteiger partial charge in [-0.1, -0.05) is 12.5 Å². The Bertz CT molecular complexity index is 464. The van der Waals surface area contributed by atoms with E-state index in [2.05, 4.69) is 5.32 Å². The van der Waals surface area contributed by atoms with Crippen LogP contribution in [-0.4, -0.2) is 18.5 Å². The molecule has 3 nitrogen and oxygen atoms in total. The molecule has 1 aliphatic carbocycles. The van der Waals surface area contributed by atoms with E-state index in [0.717, 1.165) is 19.3 Å². The molecule has 21 heavy (non-hydrogen) atoms. The summed E-state index contributed by atoms with van der Waals surface area (Å²) in [5.74, 6) is -1.00. The van der Waals surface area contributed by atoms with E-state index in [4.69, 9.17) is 5.73 Å².